The monoisotopic (exact) mass is 274 g/mol. The summed E-state index contributed by atoms with van der Waals surface area (Å²) in [5.41, 5.74) is 0.0414. The van der Waals surface area contributed by atoms with Crippen LogP contribution in [0.2, 0.25) is 0 Å². The van der Waals surface area contributed by atoms with Crippen LogP contribution in [-0.4, -0.2) is 32.1 Å². The number of methoxy groups -OCH3 is 1. The Labute approximate surface area is 106 Å². The van der Waals surface area contributed by atoms with Crippen LogP contribution in [0.1, 0.15) is 10.4 Å². The second-order valence-electron chi connectivity index (χ2n) is 3.30. The SMILES string of the molecule is COc1cc(C(=O)NCC(=O)[O-])ccc1OC(F)F. The average molecular weight is 274 g/mol. The number of carboxylic acids is 1. The molecule has 1 rings (SSSR count). The van der Waals surface area contributed by atoms with Crippen LogP contribution in [0, 0.1) is 0 Å². The summed E-state index contributed by atoms with van der Waals surface area (Å²) in [5.74, 6) is -2.44. The second-order valence-corrected chi connectivity index (χ2v) is 3.30. The molecule has 0 saturated carbocycles. The molecule has 0 aromatic heterocycles. The molecule has 0 aliphatic carbocycles. The minimum Gasteiger partial charge on any atom is -0.548 e. The van der Waals surface area contributed by atoms with Gasteiger partial charge in [0.1, 0.15) is 0 Å². The smallest absolute Gasteiger partial charge is 0.387 e. The topological polar surface area (TPSA) is 87.7 Å². The average Bonchev–Trinajstić information content (AvgIpc) is 2.35. The van der Waals surface area contributed by atoms with Crippen LogP contribution in [0.5, 0.6) is 11.5 Å². The van der Waals surface area contributed by atoms with Crippen molar-refractivity contribution >= 4 is 11.9 Å². The van der Waals surface area contributed by atoms with Crippen LogP contribution >= 0.6 is 0 Å². The van der Waals surface area contributed by atoms with Gasteiger partial charge in [-0.3, -0.25) is 4.79 Å². The molecular formula is C11H10F2NO5-. The van der Waals surface area contributed by atoms with E-state index in [-0.39, 0.29) is 17.1 Å². The fourth-order valence-electron chi connectivity index (χ4n) is 1.26. The third kappa shape index (κ3) is 4.41. The summed E-state index contributed by atoms with van der Waals surface area (Å²) >= 11 is 0. The first-order valence-corrected chi connectivity index (χ1v) is 5.05. The predicted molar refractivity (Wildman–Crippen MR) is 57.0 cm³/mol. The lowest BCUT2D eigenvalue weighted by Gasteiger charge is -2.11. The van der Waals surface area contributed by atoms with E-state index >= 15 is 0 Å². The summed E-state index contributed by atoms with van der Waals surface area (Å²) in [7, 11) is 1.22. The standard InChI is InChI=1S/C11H11F2NO5/c1-18-8-4-6(10(17)14-5-9(15)16)2-3-7(8)19-11(12)13/h2-4,11H,5H2,1H3,(H,14,17)(H,15,16)/p-1. The van der Waals surface area contributed by atoms with Gasteiger partial charge in [-0.1, -0.05) is 0 Å². The van der Waals surface area contributed by atoms with Crippen molar-refractivity contribution in [2.24, 2.45) is 0 Å². The van der Waals surface area contributed by atoms with Crippen molar-refractivity contribution in [3.05, 3.63) is 23.8 Å². The van der Waals surface area contributed by atoms with Crippen LogP contribution in [0.4, 0.5) is 8.78 Å². The molecule has 0 heterocycles. The van der Waals surface area contributed by atoms with Gasteiger partial charge in [-0.15, -0.1) is 0 Å². The van der Waals surface area contributed by atoms with E-state index in [2.05, 4.69) is 10.1 Å². The van der Waals surface area contributed by atoms with E-state index in [9.17, 15) is 23.5 Å². The fraction of sp³-hybridized carbons (Fsp3) is 0.273. The Bertz CT molecular complexity index is 478. The van der Waals surface area contributed by atoms with Gasteiger partial charge in [0, 0.05) is 5.56 Å². The Balaban J connectivity index is 2.86. The summed E-state index contributed by atoms with van der Waals surface area (Å²) in [6.07, 6.45) is 0. The summed E-state index contributed by atoms with van der Waals surface area (Å²) in [5, 5.41) is 12.2. The number of carboxylic acid groups (broad SMARTS) is 1. The van der Waals surface area contributed by atoms with Gasteiger partial charge in [0.25, 0.3) is 5.91 Å². The lowest BCUT2D eigenvalue weighted by atomic mass is 10.2. The number of hydrogen-bond acceptors (Lipinski definition) is 5. The van der Waals surface area contributed by atoms with Gasteiger partial charge in [0.2, 0.25) is 0 Å². The van der Waals surface area contributed by atoms with Gasteiger partial charge in [-0.25, -0.2) is 0 Å². The Morgan fingerprint density at radius 1 is 1.37 bits per heavy atom. The molecular weight excluding hydrogens is 264 g/mol. The van der Waals surface area contributed by atoms with Gasteiger partial charge < -0.3 is 24.7 Å². The summed E-state index contributed by atoms with van der Waals surface area (Å²) in [6, 6.07) is 3.48. The van der Waals surface area contributed by atoms with Gasteiger partial charge in [0.05, 0.1) is 19.6 Å². The molecule has 1 N–H and O–H groups in total. The number of ether oxygens (including phenoxy) is 2. The molecule has 0 spiro atoms. The number of alkyl halides is 2. The molecule has 6 nitrogen and oxygen atoms in total. The number of rotatable bonds is 6. The highest BCUT2D eigenvalue weighted by molar-refractivity contribution is 5.96. The third-order valence-corrected chi connectivity index (χ3v) is 2.04. The molecule has 0 radical (unpaired) electrons. The molecule has 0 fully saturated rings. The largest absolute Gasteiger partial charge is 0.548 e. The lowest BCUT2D eigenvalue weighted by molar-refractivity contribution is -0.303. The summed E-state index contributed by atoms with van der Waals surface area (Å²) in [4.78, 5) is 21.7. The Kier molecular flexibility index (Phi) is 5.04. The van der Waals surface area contributed by atoms with Crippen LogP contribution in [0.25, 0.3) is 0 Å². The van der Waals surface area contributed by atoms with Gasteiger partial charge >= 0.3 is 6.61 Å². The maximum absolute atomic E-state index is 12.1. The van der Waals surface area contributed by atoms with E-state index in [1.807, 2.05) is 0 Å². The highest BCUT2D eigenvalue weighted by Gasteiger charge is 2.13. The molecule has 8 heteroatoms. The molecule has 0 saturated heterocycles. The van der Waals surface area contributed by atoms with E-state index in [4.69, 9.17) is 4.74 Å². The van der Waals surface area contributed by atoms with E-state index in [1.54, 1.807) is 0 Å². The van der Waals surface area contributed by atoms with Crippen LogP contribution in [0.15, 0.2) is 18.2 Å². The number of halogens is 2. The number of carbonyl (C=O) groups excluding carboxylic acids is 2. The quantitative estimate of drug-likeness (QED) is 0.774. The van der Waals surface area contributed by atoms with E-state index in [0.29, 0.717) is 0 Å². The normalized spacial score (nSPS) is 10.1. The highest BCUT2D eigenvalue weighted by atomic mass is 19.3. The summed E-state index contributed by atoms with van der Waals surface area (Å²) < 4.78 is 33.1. The van der Waals surface area contributed by atoms with Crippen LogP contribution in [-0.2, 0) is 4.79 Å². The summed E-state index contributed by atoms with van der Waals surface area (Å²) in [6.45, 7) is -3.68. The predicted octanol–water partition coefficient (Wildman–Crippen LogP) is -0.224. The van der Waals surface area contributed by atoms with Crippen molar-refractivity contribution < 1.29 is 33.0 Å². The first kappa shape index (κ1) is 14.7. The Morgan fingerprint density at radius 2 is 2.05 bits per heavy atom. The molecule has 1 aromatic carbocycles. The number of hydrogen-bond donors (Lipinski definition) is 1. The van der Waals surface area contributed by atoms with Gasteiger partial charge in [-0.2, -0.15) is 8.78 Å². The molecule has 19 heavy (non-hydrogen) atoms. The molecule has 1 amide bonds. The molecule has 0 aliphatic heterocycles. The molecule has 0 aliphatic rings. The van der Waals surface area contributed by atoms with Crippen molar-refractivity contribution in [3.8, 4) is 11.5 Å². The maximum atomic E-state index is 12.1. The zero-order chi connectivity index (χ0) is 14.4. The van der Waals surface area contributed by atoms with Crippen LogP contribution < -0.4 is 19.9 Å². The molecule has 0 bridgehead atoms. The van der Waals surface area contributed by atoms with Crippen molar-refractivity contribution in [2.75, 3.05) is 13.7 Å². The second kappa shape index (κ2) is 6.53. The zero-order valence-electron chi connectivity index (χ0n) is 9.81. The van der Waals surface area contributed by atoms with Gasteiger partial charge in [-0.05, 0) is 18.2 Å². The molecule has 104 valence electrons. The molecule has 0 unspecified atom stereocenters. The highest BCUT2D eigenvalue weighted by Crippen LogP contribution is 2.29. The number of benzene rings is 1. The minimum absolute atomic E-state index is 0.0414. The number of aliphatic carboxylic acids is 1. The van der Waals surface area contributed by atoms with E-state index in [1.165, 1.54) is 13.2 Å². The van der Waals surface area contributed by atoms with E-state index < -0.39 is 25.0 Å². The molecule has 0 atom stereocenters. The lowest BCUT2D eigenvalue weighted by Crippen LogP contribution is -2.37. The maximum Gasteiger partial charge on any atom is 0.387 e. The Morgan fingerprint density at radius 3 is 2.58 bits per heavy atom. The van der Waals surface area contributed by atoms with Crippen LogP contribution in [0.3, 0.4) is 0 Å². The van der Waals surface area contributed by atoms with Crippen molar-refractivity contribution in [1.82, 2.24) is 5.32 Å². The van der Waals surface area contributed by atoms with Gasteiger partial charge in [0.15, 0.2) is 11.5 Å². The first-order chi connectivity index (χ1) is 8.93. The Hall–Kier alpha value is -2.38. The van der Waals surface area contributed by atoms with Crippen molar-refractivity contribution in [2.45, 2.75) is 6.61 Å². The first-order valence-electron chi connectivity index (χ1n) is 5.05. The number of nitrogens with one attached hydrogen (secondary N) is 1. The van der Waals surface area contributed by atoms with Crippen molar-refractivity contribution in [3.63, 3.8) is 0 Å². The zero-order valence-corrected chi connectivity index (χ0v) is 9.81. The minimum atomic E-state index is -3.02. The number of amides is 1. The van der Waals surface area contributed by atoms with E-state index in [0.717, 1.165) is 12.1 Å². The fourth-order valence-corrected chi connectivity index (χ4v) is 1.26. The third-order valence-electron chi connectivity index (χ3n) is 2.04. The molecule has 1 aromatic rings. The number of carbonyl (C=O) groups is 2. The van der Waals surface area contributed by atoms with Crippen molar-refractivity contribution in [1.29, 1.82) is 0 Å².